The van der Waals surface area contributed by atoms with Gasteiger partial charge in [-0.25, -0.2) is 0 Å². The van der Waals surface area contributed by atoms with Crippen LogP contribution in [0.5, 0.6) is 0 Å². The van der Waals surface area contributed by atoms with Crippen molar-refractivity contribution in [1.82, 2.24) is 10.2 Å². The monoisotopic (exact) mass is 232 g/mol. The number of rotatable bonds is 5. The highest BCUT2D eigenvalue weighted by Gasteiger charge is 2.32. The first kappa shape index (κ1) is 12.9. The van der Waals surface area contributed by atoms with Gasteiger partial charge >= 0.3 is 6.18 Å². The minimum absolute atomic E-state index is 0.629. The molecular formula is C11H15F3N2. The molecule has 1 aromatic rings. The van der Waals surface area contributed by atoms with Gasteiger partial charge in [0.2, 0.25) is 0 Å². The van der Waals surface area contributed by atoms with Gasteiger partial charge in [-0.2, -0.15) is 18.3 Å². The quantitative estimate of drug-likeness (QED) is 0.724. The Morgan fingerprint density at radius 3 is 2.31 bits per heavy atom. The van der Waals surface area contributed by atoms with Crippen LogP contribution in [0.25, 0.3) is 0 Å². The van der Waals surface area contributed by atoms with Crippen molar-refractivity contribution in [3.63, 3.8) is 0 Å². The van der Waals surface area contributed by atoms with Crippen LogP contribution in [-0.2, 0) is 12.6 Å². The Kier molecular flexibility index (Phi) is 4.71. The topological polar surface area (TPSA) is 25.8 Å². The van der Waals surface area contributed by atoms with Crippen molar-refractivity contribution in [2.45, 2.75) is 45.2 Å². The van der Waals surface area contributed by atoms with Crippen LogP contribution >= 0.6 is 0 Å². The van der Waals surface area contributed by atoms with E-state index in [0.717, 1.165) is 31.7 Å². The van der Waals surface area contributed by atoms with Crippen molar-refractivity contribution in [3.05, 3.63) is 23.5 Å². The fraction of sp³-hybridized carbons (Fsp3) is 0.636. The summed E-state index contributed by atoms with van der Waals surface area (Å²) in [6.45, 7) is 2.11. The van der Waals surface area contributed by atoms with Crippen molar-refractivity contribution < 1.29 is 13.2 Å². The molecule has 1 rings (SSSR count). The molecule has 0 amide bonds. The predicted octanol–water partition coefficient (Wildman–Crippen LogP) is 3.62. The molecule has 90 valence electrons. The summed E-state index contributed by atoms with van der Waals surface area (Å²) in [7, 11) is 0. The second kappa shape index (κ2) is 5.82. The molecule has 5 heteroatoms. The number of aryl methyl sites for hydroxylation is 1. The number of unbranched alkanes of at least 4 members (excludes halogenated alkanes) is 3. The number of hydrogen-bond donors (Lipinski definition) is 0. The first-order valence-electron chi connectivity index (χ1n) is 5.44. The maximum absolute atomic E-state index is 12.2. The van der Waals surface area contributed by atoms with Gasteiger partial charge < -0.3 is 0 Å². The van der Waals surface area contributed by atoms with Crippen LogP contribution in [-0.4, -0.2) is 10.2 Å². The van der Waals surface area contributed by atoms with Gasteiger partial charge in [-0.15, -0.1) is 5.10 Å². The average Bonchev–Trinajstić information content (AvgIpc) is 2.24. The molecule has 0 unspecified atom stereocenters. The maximum atomic E-state index is 12.2. The highest BCUT2D eigenvalue weighted by molar-refractivity contribution is 5.09. The van der Waals surface area contributed by atoms with Gasteiger partial charge in [0, 0.05) is 0 Å². The largest absolute Gasteiger partial charge is 0.435 e. The van der Waals surface area contributed by atoms with E-state index >= 15 is 0 Å². The van der Waals surface area contributed by atoms with Gasteiger partial charge in [0.05, 0.1) is 5.69 Å². The number of nitrogens with zero attached hydrogens (tertiary/aromatic N) is 2. The molecule has 0 fully saturated rings. The number of halogens is 3. The summed E-state index contributed by atoms with van der Waals surface area (Å²) >= 11 is 0. The molecule has 0 aliphatic rings. The highest BCUT2D eigenvalue weighted by Crippen LogP contribution is 2.26. The zero-order valence-corrected chi connectivity index (χ0v) is 9.22. The van der Waals surface area contributed by atoms with E-state index in [-0.39, 0.29) is 0 Å². The number of hydrogen-bond acceptors (Lipinski definition) is 2. The summed E-state index contributed by atoms with van der Waals surface area (Å²) in [6.07, 6.45) is 0.624. The SMILES string of the molecule is CCCCCCc1ccc(C(F)(F)F)nn1. The lowest BCUT2D eigenvalue weighted by atomic mass is 10.1. The molecule has 0 aliphatic heterocycles. The molecule has 1 aromatic heterocycles. The van der Waals surface area contributed by atoms with Crippen LogP contribution in [0.1, 0.15) is 44.0 Å². The molecule has 0 saturated heterocycles. The number of aromatic nitrogens is 2. The maximum Gasteiger partial charge on any atom is 0.435 e. The predicted molar refractivity (Wildman–Crippen MR) is 54.9 cm³/mol. The molecule has 0 bridgehead atoms. The fourth-order valence-corrected chi connectivity index (χ4v) is 1.38. The van der Waals surface area contributed by atoms with Crippen molar-refractivity contribution in [1.29, 1.82) is 0 Å². The van der Waals surface area contributed by atoms with E-state index in [1.807, 2.05) is 0 Å². The normalized spacial score (nSPS) is 11.8. The highest BCUT2D eigenvalue weighted by atomic mass is 19.4. The molecule has 16 heavy (non-hydrogen) atoms. The van der Waals surface area contributed by atoms with Crippen LogP contribution in [0.2, 0.25) is 0 Å². The van der Waals surface area contributed by atoms with E-state index in [4.69, 9.17) is 0 Å². The fourth-order valence-electron chi connectivity index (χ4n) is 1.38. The van der Waals surface area contributed by atoms with Crippen LogP contribution in [0.15, 0.2) is 12.1 Å². The third-order valence-corrected chi connectivity index (χ3v) is 2.30. The molecular weight excluding hydrogens is 217 g/mol. The Bertz CT molecular complexity index is 306. The second-order valence-corrected chi connectivity index (χ2v) is 3.72. The molecule has 0 saturated carbocycles. The van der Waals surface area contributed by atoms with Crippen molar-refractivity contribution in [3.8, 4) is 0 Å². The van der Waals surface area contributed by atoms with E-state index in [9.17, 15) is 13.2 Å². The van der Waals surface area contributed by atoms with Crippen LogP contribution in [0.3, 0.4) is 0 Å². The molecule has 0 spiro atoms. The van der Waals surface area contributed by atoms with Crippen molar-refractivity contribution in [2.24, 2.45) is 0 Å². The Hall–Kier alpha value is -1.13. The molecule has 0 aliphatic carbocycles. The van der Waals surface area contributed by atoms with Crippen LogP contribution in [0, 0.1) is 0 Å². The smallest absolute Gasteiger partial charge is 0.164 e. The van der Waals surface area contributed by atoms with E-state index < -0.39 is 11.9 Å². The van der Waals surface area contributed by atoms with Gasteiger partial charge in [0.25, 0.3) is 0 Å². The van der Waals surface area contributed by atoms with Crippen molar-refractivity contribution in [2.75, 3.05) is 0 Å². The lowest BCUT2D eigenvalue weighted by molar-refractivity contribution is -0.141. The van der Waals surface area contributed by atoms with E-state index in [0.29, 0.717) is 12.1 Å². The van der Waals surface area contributed by atoms with Crippen LogP contribution in [0.4, 0.5) is 13.2 Å². The standard InChI is InChI=1S/C11H15F3N2/c1-2-3-4-5-6-9-7-8-10(16-15-9)11(12,13)14/h7-8H,2-6H2,1H3. The Morgan fingerprint density at radius 2 is 1.81 bits per heavy atom. The average molecular weight is 232 g/mol. The molecule has 2 nitrogen and oxygen atoms in total. The van der Waals surface area contributed by atoms with E-state index in [1.165, 1.54) is 6.07 Å². The van der Waals surface area contributed by atoms with Gasteiger partial charge in [-0.1, -0.05) is 26.2 Å². The minimum atomic E-state index is -4.40. The van der Waals surface area contributed by atoms with Gasteiger partial charge in [-0.05, 0) is 25.0 Å². The summed E-state index contributed by atoms with van der Waals surface area (Å²) < 4.78 is 36.5. The molecule has 0 radical (unpaired) electrons. The molecule has 0 N–H and O–H groups in total. The summed E-state index contributed by atoms with van der Waals surface area (Å²) in [5, 5.41) is 6.75. The lowest BCUT2D eigenvalue weighted by Gasteiger charge is -2.05. The third kappa shape index (κ3) is 4.16. The third-order valence-electron chi connectivity index (χ3n) is 2.30. The van der Waals surface area contributed by atoms with Crippen molar-refractivity contribution >= 4 is 0 Å². The summed E-state index contributed by atoms with van der Waals surface area (Å²) in [4.78, 5) is 0. The minimum Gasteiger partial charge on any atom is -0.164 e. The zero-order chi connectivity index (χ0) is 12.0. The summed E-state index contributed by atoms with van der Waals surface area (Å²) in [6, 6.07) is 2.39. The van der Waals surface area contributed by atoms with Gasteiger partial charge in [0.1, 0.15) is 0 Å². The summed E-state index contributed by atoms with van der Waals surface area (Å²) in [5.74, 6) is 0. The summed E-state index contributed by atoms with van der Waals surface area (Å²) in [5.41, 5.74) is -0.297. The van der Waals surface area contributed by atoms with E-state index in [2.05, 4.69) is 17.1 Å². The zero-order valence-electron chi connectivity index (χ0n) is 9.22. The first-order valence-corrected chi connectivity index (χ1v) is 5.44. The Balaban J connectivity index is 2.46. The van der Waals surface area contributed by atoms with Crippen LogP contribution < -0.4 is 0 Å². The molecule has 0 aromatic carbocycles. The molecule has 1 heterocycles. The second-order valence-electron chi connectivity index (χ2n) is 3.72. The van der Waals surface area contributed by atoms with E-state index in [1.54, 1.807) is 0 Å². The van der Waals surface area contributed by atoms with Gasteiger partial charge in [-0.3, -0.25) is 0 Å². The number of alkyl halides is 3. The Morgan fingerprint density at radius 1 is 1.06 bits per heavy atom. The first-order chi connectivity index (χ1) is 7.54. The molecule has 0 atom stereocenters. The van der Waals surface area contributed by atoms with Gasteiger partial charge in [0.15, 0.2) is 5.69 Å². The Labute approximate surface area is 92.9 Å². The lowest BCUT2D eigenvalue weighted by Crippen LogP contribution is -2.09.